The van der Waals surface area contributed by atoms with Gasteiger partial charge in [0.25, 0.3) is 0 Å². The monoisotopic (exact) mass is 137 g/mol. The number of hydrogen-bond acceptors (Lipinski definition) is 2. The van der Waals surface area contributed by atoms with Gasteiger partial charge in [0.15, 0.2) is 0 Å². The van der Waals surface area contributed by atoms with E-state index in [4.69, 9.17) is 12.6 Å². The van der Waals surface area contributed by atoms with Crippen LogP contribution in [0.2, 0.25) is 0 Å². The van der Waals surface area contributed by atoms with Crippen LogP contribution in [0.25, 0.3) is 0 Å². The summed E-state index contributed by atoms with van der Waals surface area (Å²) in [4.78, 5) is 4.14. The summed E-state index contributed by atoms with van der Waals surface area (Å²) in [5, 5.41) is 0.734. The minimum absolute atomic E-state index is 0. The zero-order chi connectivity index (χ0) is 6.78. The third-order valence-corrected chi connectivity index (χ3v) is 0.584. The van der Waals surface area contributed by atoms with Gasteiger partial charge in [-0.05, 0) is 27.7 Å². The molecule has 0 saturated heterocycles. The van der Waals surface area contributed by atoms with Gasteiger partial charge in [0.1, 0.15) is 0 Å². The fraction of sp³-hybridized carbons (Fsp3) is 0.833. The van der Waals surface area contributed by atoms with Crippen molar-refractivity contribution in [3.63, 3.8) is 0 Å². The maximum absolute atomic E-state index is 4.78. The average Bonchev–Trinajstić information content (AvgIpc) is 1.21. The Balaban J connectivity index is 0. The summed E-state index contributed by atoms with van der Waals surface area (Å²) in [6.07, 6.45) is 0. The van der Waals surface area contributed by atoms with Gasteiger partial charge in [-0.2, -0.15) is 0 Å². The third kappa shape index (κ3) is 11.9. The Bertz CT molecular complexity index is 100. The van der Waals surface area contributed by atoms with Crippen LogP contribution >= 0.6 is 0 Å². The van der Waals surface area contributed by atoms with Gasteiger partial charge in [-0.1, -0.05) is 0 Å². The summed E-state index contributed by atoms with van der Waals surface area (Å²) >= 11 is 4.78. The molecule has 0 aromatic heterocycles. The summed E-state index contributed by atoms with van der Waals surface area (Å²) in [7, 11) is 0. The summed E-state index contributed by atoms with van der Waals surface area (Å²) in [5.41, 5.74) is 0.00579. The minimum atomic E-state index is 0. The topological polar surface area (TPSA) is 12.4 Å². The Labute approximate surface area is 74.9 Å². The third-order valence-electron chi connectivity index (χ3n) is 0.493. The van der Waals surface area contributed by atoms with Crippen LogP contribution in [0.15, 0.2) is 4.99 Å². The van der Waals surface area contributed by atoms with E-state index >= 15 is 0 Å². The van der Waals surface area contributed by atoms with Crippen molar-refractivity contribution < 1.29 is 18.9 Å². The van der Waals surface area contributed by atoms with E-state index in [2.05, 4.69) is 4.99 Å². The first kappa shape index (κ1) is 12.2. The molecule has 0 N–H and O–H groups in total. The van der Waals surface area contributed by atoms with Gasteiger partial charge in [-0.15, -0.1) is 5.04 Å². The molecule has 0 amide bonds. The molecule has 3 heteroatoms. The molecule has 0 unspecified atom stereocenters. The molecule has 0 atom stereocenters. The Morgan fingerprint density at radius 3 is 1.67 bits per heavy atom. The predicted molar refractivity (Wildman–Crippen MR) is 40.2 cm³/mol. The van der Waals surface area contributed by atoms with Gasteiger partial charge in [0.2, 0.25) is 0 Å². The second-order valence-electron chi connectivity index (χ2n) is 2.80. The maximum atomic E-state index is 4.78. The molecule has 0 saturated carbocycles. The van der Waals surface area contributed by atoms with E-state index in [1.54, 1.807) is 0 Å². The van der Waals surface area contributed by atoms with Crippen LogP contribution in [-0.2, 0) is 12.6 Å². The van der Waals surface area contributed by atoms with Crippen molar-refractivity contribution in [2.24, 2.45) is 4.99 Å². The van der Waals surface area contributed by atoms with Crippen LogP contribution in [-0.4, -0.2) is 10.6 Å². The summed E-state index contributed by atoms with van der Waals surface area (Å²) in [6, 6.07) is 0. The zero-order valence-corrected chi connectivity index (χ0v) is 7.67. The van der Waals surface area contributed by atoms with Crippen molar-refractivity contribution >= 4 is 17.7 Å². The Morgan fingerprint density at radius 1 is 1.33 bits per heavy atom. The second-order valence-corrected chi connectivity index (χ2v) is 3.39. The Kier molecular flexibility index (Phi) is 5.86. The van der Waals surface area contributed by atoms with Crippen LogP contribution in [0.3, 0.4) is 0 Å². The maximum Gasteiger partial charge on any atom is 1.00 e. The van der Waals surface area contributed by atoms with E-state index in [9.17, 15) is 0 Å². The van der Waals surface area contributed by atoms with Crippen molar-refractivity contribution in [1.82, 2.24) is 0 Å². The van der Waals surface area contributed by atoms with Crippen LogP contribution < -0.4 is 18.9 Å². The molecule has 48 valence electrons. The number of nitrogens with zero attached hydrogens (tertiary/aromatic N) is 1. The molecule has 0 aliphatic heterocycles. The van der Waals surface area contributed by atoms with Gasteiger partial charge >= 0.3 is 18.9 Å². The molecule has 0 fully saturated rings. The van der Waals surface area contributed by atoms with E-state index in [0.29, 0.717) is 0 Å². The van der Waals surface area contributed by atoms with Crippen molar-refractivity contribution in [2.45, 2.75) is 33.2 Å². The molecule has 0 bridgehead atoms. The smallest absolute Gasteiger partial charge is 0.765 e. The first-order valence-corrected chi connectivity index (χ1v) is 3.06. The van der Waals surface area contributed by atoms with Crippen molar-refractivity contribution in [3.8, 4) is 0 Å². The first-order valence-electron chi connectivity index (χ1n) is 2.65. The molecule has 0 aromatic rings. The van der Waals surface area contributed by atoms with Crippen LogP contribution in [0.4, 0.5) is 0 Å². The van der Waals surface area contributed by atoms with Crippen LogP contribution in [0, 0.1) is 0 Å². The average molecular weight is 137 g/mol. The number of hydrogen-bond donors (Lipinski definition) is 0. The molecule has 0 radical (unpaired) electrons. The summed E-state index contributed by atoms with van der Waals surface area (Å²) in [5.74, 6) is 0. The minimum Gasteiger partial charge on any atom is -0.765 e. The van der Waals surface area contributed by atoms with Gasteiger partial charge < -0.3 is 17.6 Å². The molecule has 0 aliphatic rings. The van der Waals surface area contributed by atoms with Crippen molar-refractivity contribution in [3.05, 3.63) is 0 Å². The van der Waals surface area contributed by atoms with Crippen LogP contribution in [0.1, 0.15) is 27.7 Å². The Morgan fingerprint density at radius 2 is 1.67 bits per heavy atom. The van der Waals surface area contributed by atoms with Crippen LogP contribution in [0.5, 0.6) is 0 Å². The number of aliphatic imine (C=N–C) groups is 1. The predicted octanol–water partition coefficient (Wildman–Crippen LogP) is -1.25. The Hall–Kier alpha value is 0.487. The van der Waals surface area contributed by atoms with E-state index in [0.717, 1.165) is 5.04 Å². The van der Waals surface area contributed by atoms with Gasteiger partial charge in [-0.3, -0.25) is 0 Å². The molecular weight excluding hydrogens is 125 g/mol. The molecule has 0 heterocycles. The van der Waals surface area contributed by atoms with Crippen molar-refractivity contribution in [2.75, 3.05) is 0 Å². The molecule has 1 nitrogen and oxygen atoms in total. The molecular formula is C6H12LiNS. The van der Waals surface area contributed by atoms with Gasteiger partial charge in [0, 0.05) is 0 Å². The molecule has 9 heavy (non-hydrogen) atoms. The van der Waals surface area contributed by atoms with E-state index in [-0.39, 0.29) is 24.4 Å². The van der Waals surface area contributed by atoms with E-state index < -0.39 is 0 Å². The molecule has 0 rings (SSSR count). The molecule has 0 aromatic carbocycles. The molecule has 0 aliphatic carbocycles. The fourth-order valence-corrected chi connectivity index (χ4v) is 0.746. The normalized spacial score (nSPS) is 12.7. The van der Waals surface area contributed by atoms with Crippen molar-refractivity contribution in [1.29, 1.82) is 0 Å². The first-order chi connectivity index (χ1) is 3.42. The van der Waals surface area contributed by atoms with Gasteiger partial charge in [0.05, 0.1) is 5.54 Å². The SMILES string of the molecule is CC([S-])=NC(C)(C)C.[Li+]. The standard InChI is InChI=1S/C6H13NS.Li/c1-5(8)7-6(2,3)4;/h1-4H3,(H,7,8);/q;+1/p-1. The number of rotatable bonds is 0. The van der Waals surface area contributed by atoms with E-state index in [1.807, 2.05) is 27.7 Å². The largest absolute Gasteiger partial charge is 1.00 e. The molecule has 0 spiro atoms. The van der Waals surface area contributed by atoms with Gasteiger partial charge in [-0.25, -0.2) is 0 Å². The van der Waals surface area contributed by atoms with E-state index in [1.165, 1.54) is 0 Å². The summed E-state index contributed by atoms with van der Waals surface area (Å²) < 4.78 is 0. The summed E-state index contributed by atoms with van der Waals surface area (Å²) in [6.45, 7) is 7.93. The second kappa shape index (κ2) is 4.33. The quantitative estimate of drug-likeness (QED) is 0.176. The zero-order valence-electron chi connectivity index (χ0n) is 6.86. The fourth-order valence-electron chi connectivity index (χ4n) is 0.472.